The van der Waals surface area contributed by atoms with Crippen LogP contribution < -0.4 is 10.0 Å². The van der Waals surface area contributed by atoms with Crippen LogP contribution in [0.25, 0.3) is 0 Å². The van der Waals surface area contributed by atoms with Crippen molar-refractivity contribution in [2.75, 3.05) is 39.9 Å². The highest BCUT2D eigenvalue weighted by Gasteiger charge is 2.26. The van der Waals surface area contributed by atoms with Crippen LogP contribution in [0.2, 0.25) is 0 Å². The molecule has 1 rings (SSSR count). The minimum absolute atomic E-state index is 0.204. The lowest BCUT2D eigenvalue weighted by Crippen LogP contribution is -2.48. The molecule has 0 aliphatic carbocycles. The van der Waals surface area contributed by atoms with Gasteiger partial charge in [0.2, 0.25) is 0 Å². The number of ether oxygens (including phenoxy) is 1. The van der Waals surface area contributed by atoms with E-state index in [0.717, 1.165) is 12.8 Å². The van der Waals surface area contributed by atoms with Crippen LogP contribution in [0.1, 0.15) is 12.8 Å². The van der Waals surface area contributed by atoms with E-state index in [4.69, 9.17) is 11.2 Å². The van der Waals surface area contributed by atoms with Crippen molar-refractivity contribution in [3.63, 3.8) is 0 Å². The van der Waals surface area contributed by atoms with Gasteiger partial charge in [0.1, 0.15) is 6.61 Å². The van der Waals surface area contributed by atoms with Crippen LogP contribution in [0, 0.1) is 12.3 Å². The number of nitrogens with one attached hydrogen (secondary N) is 2. The monoisotopic (exact) mass is 275 g/mol. The molecular weight excluding hydrogens is 254 g/mol. The lowest BCUT2D eigenvalue weighted by Gasteiger charge is -2.30. The van der Waals surface area contributed by atoms with Gasteiger partial charge >= 0.3 is 0 Å². The molecule has 1 fully saturated rings. The lowest BCUT2D eigenvalue weighted by atomic mass is 10.1. The van der Waals surface area contributed by atoms with E-state index >= 15 is 0 Å². The number of hydrogen-bond acceptors (Lipinski definition) is 4. The molecule has 0 aromatic carbocycles. The summed E-state index contributed by atoms with van der Waals surface area (Å²) in [5, 5.41) is 3.16. The molecular formula is C11H21N3O3S. The van der Waals surface area contributed by atoms with E-state index in [1.807, 2.05) is 7.05 Å². The van der Waals surface area contributed by atoms with Crippen LogP contribution >= 0.6 is 0 Å². The summed E-state index contributed by atoms with van der Waals surface area (Å²) in [6, 6.07) is 0.412. The number of nitrogens with zero attached hydrogens (tertiary/aromatic N) is 1. The first-order chi connectivity index (χ1) is 8.60. The Kier molecular flexibility index (Phi) is 6.60. The number of rotatable bonds is 7. The van der Waals surface area contributed by atoms with Gasteiger partial charge in [-0.25, -0.2) is 0 Å². The Morgan fingerprint density at radius 3 is 2.67 bits per heavy atom. The smallest absolute Gasteiger partial charge is 0.279 e. The Balaban J connectivity index is 2.29. The van der Waals surface area contributed by atoms with Crippen molar-refractivity contribution >= 4 is 10.2 Å². The maximum Gasteiger partial charge on any atom is 0.279 e. The molecule has 7 heteroatoms. The largest absolute Gasteiger partial charge is 0.367 e. The Bertz CT molecular complexity index is 369. The number of piperidine rings is 1. The van der Waals surface area contributed by atoms with E-state index in [2.05, 4.69) is 16.0 Å². The predicted molar refractivity (Wildman–Crippen MR) is 70.2 cm³/mol. The minimum Gasteiger partial charge on any atom is -0.367 e. The van der Waals surface area contributed by atoms with E-state index in [0.29, 0.717) is 19.1 Å². The highest BCUT2D eigenvalue weighted by molar-refractivity contribution is 7.87. The molecule has 0 saturated carbocycles. The van der Waals surface area contributed by atoms with Gasteiger partial charge in [-0.3, -0.25) is 0 Å². The average molecular weight is 275 g/mol. The molecule has 6 nitrogen and oxygen atoms in total. The van der Waals surface area contributed by atoms with Crippen molar-refractivity contribution in [3.05, 3.63) is 0 Å². The molecule has 1 heterocycles. The normalized spacial score (nSPS) is 18.7. The zero-order chi connectivity index (χ0) is 13.4. The van der Waals surface area contributed by atoms with Crippen LogP contribution in [-0.2, 0) is 14.9 Å². The van der Waals surface area contributed by atoms with Gasteiger partial charge in [0.05, 0.1) is 6.61 Å². The molecule has 1 aliphatic rings. The maximum absolute atomic E-state index is 11.9. The standard InChI is InChI=1S/C11H21N3O3S/c1-3-9-17-10-6-13-18(15,16)14-7-4-11(12-2)5-8-14/h1,11-13H,4-10H2,2H3. The van der Waals surface area contributed by atoms with Gasteiger partial charge < -0.3 is 10.1 Å². The van der Waals surface area contributed by atoms with Gasteiger partial charge in [-0.05, 0) is 19.9 Å². The third kappa shape index (κ3) is 4.92. The number of hydrogen-bond donors (Lipinski definition) is 2. The molecule has 0 aromatic heterocycles. The summed E-state index contributed by atoms with van der Waals surface area (Å²) < 4.78 is 32.8. The van der Waals surface area contributed by atoms with Crippen LogP contribution in [0.15, 0.2) is 0 Å². The molecule has 0 bridgehead atoms. The fraction of sp³-hybridized carbons (Fsp3) is 0.818. The Morgan fingerprint density at radius 1 is 1.44 bits per heavy atom. The first-order valence-corrected chi connectivity index (χ1v) is 7.47. The van der Waals surface area contributed by atoms with Crippen molar-refractivity contribution in [2.24, 2.45) is 0 Å². The minimum atomic E-state index is -3.38. The summed E-state index contributed by atoms with van der Waals surface area (Å²) >= 11 is 0. The molecule has 0 radical (unpaired) electrons. The Morgan fingerprint density at radius 2 is 2.11 bits per heavy atom. The summed E-state index contributed by atoms with van der Waals surface area (Å²) in [5.41, 5.74) is 0. The van der Waals surface area contributed by atoms with Gasteiger partial charge in [0.25, 0.3) is 10.2 Å². The Labute approximate surface area is 109 Å². The first-order valence-electron chi connectivity index (χ1n) is 6.03. The Hall–Kier alpha value is -0.650. The SMILES string of the molecule is C#CCOCCNS(=O)(=O)N1CCC(NC)CC1. The van der Waals surface area contributed by atoms with Gasteiger partial charge in [-0.15, -0.1) is 6.42 Å². The van der Waals surface area contributed by atoms with E-state index < -0.39 is 10.2 Å². The number of terminal acetylenes is 1. The molecule has 2 N–H and O–H groups in total. The highest BCUT2D eigenvalue weighted by atomic mass is 32.2. The zero-order valence-electron chi connectivity index (χ0n) is 10.7. The van der Waals surface area contributed by atoms with Crippen LogP contribution in [0.3, 0.4) is 0 Å². The molecule has 104 valence electrons. The van der Waals surface area contributed by atoms with Crippen LogP contribution in [0.5, 0.6) is 0 Å². The lowest BCUT2D eigenvalue weighted by molar-refractivity contribution is 0.172. The molecule has 0 unspecified atom stereocenters. The molecule has 0 atom stereocenters. The van der Waals surface area contributed by atoms with Gasteiger partial charge in [-0.1, -0.05) is 5.92 Å². The summed E-state index contributed by atoms with van der Waals surface area (Å²) in [5.74, 6) is 2.32. The van der Waals surface area contributed by atoms with E-state index in [-0.39, 0.29) is 19.8 Å². The summed E-state index contributed by atoms with van der Waals surface area (Å²) in [6.45, 7) is 1.83. The molecule has 18 heavy (non-hydrogen) atoms. The second-order valence-corrected chi connectivity index (χ2v) is 5.87. The molecule has 0 aromatic rings. The summed E-state index contributed by atoms with van der Waals surface area (Å²) in [7, 11) is -1.48. The van der Waals surface area contributed by atoms with Gasteiger partial charge in [-0.2, -0.15) is 17.4 Å². The summed E-state index contributed by atoms with van der Waals surface area (Å²) in [4.78, 5) is 0. The van der Waals surface area contributed by atoms with Crippen molar-refractivity contribution in [2.45, 2.75) is 18.9 Å². The molecule has 0 amide bonds. The highest BCUT2D eigenvalue weighted by Crippen LogP contribution is 2.12. The second-order valence-electron chi connectivity index (χ2n) is 4.12. The van der Waals surface area contributed by atoms with E-state index in [1.54, 1.807) is 0 Å². The van der Waals surface area contributed by atoms with E-state index in [1.165, 1.54) is 4.31 Å². The quantitative estimate of drug-likeness (QED) is 0.469. The van der Waals surface area contributed by atoms with Crippen molar-refractivity contribution in [1.82, 2.24) is 14.3 Å². The average Bonchev–Trinajstić information content (AvgIpc) is 2.38. The molecule has 0 spiro atoms. The first kappa shape index (κ1) is 15.4. The summed E-state index contributed by atoms with van der Waals surface area (Å²) in [6.07, 6.45) is 6.69. The third-order valence-electron chi connectivity index (χ3n) is 2.92. The fourth-order valence-corrected chi connectivity index (χ4v) is 3.07. The topological polar surface area (TPSA) is 70.7 Å². The zero-order valence-corrected chi connectivity index (χ0v) is 11.5. The van der Waals surface area contributed by atoms with Crippen molar-refractivity contribution in [3.8, 4) is 12.3 Å². The second kappa shape index (κ2) is 7.71. The van der Waals surface area contributed by atoms with Gasteiger partial charge in [0.15, 0.2) is 0 Å². The van der Waals surface area contributed by atoms with Crippen molar-refractivity contribution in [1.29, 1.82) is 0 Å². The molecule has 1 saturated heterocycles. The predicted octanol–water partition coefficient (Wildman–Crippen LogP) is -0.846. The van der Waals surface area contributed by atoms with Crippen LogP contribution in [0.4, 0.5) is 0 Å². The molecule has 1 aliphatic heterocycles. The maximum atomic E-state index is 11.9. The van der Waals surface area contributed by atoms with Gasteiger partial charge in [0, 0.05) is 25.7 Å². The van der Waals surface area contributed by atoms with Crippen molar-refractivity contribution < 1.29 is 13.2 Å². The third-order valence-corrected chi connectivity index (χ3v) is 4.53. The fourth-order valence-electron chi connectivity index (χ4n) is 1.85. The van der Waals surface area contributed by atoms with Crippen LogP contribution in [-0.4, -0.2) is 58.7 Å². The van der Waals surface area contributed by atoms with E-state index in [9.17, 15) is 8.42 Å².